The zero-order chi connectivity index (χ0) is 20.3. The van der Waals surface area contributed by atoms with Crippen molar-refractivity contribution in [1.29, 1.82) is 0 Å². The van der Waals surface area contributed by atoms with Crippen molar-refractivity contribution in [2.75, 3.05) is 20.3 Å². The van der Waals surface area contributed by atoms with Crippen LogP contribution < -0.4 is 4.74 Å². The Kier molecular flexibility index (Phi) is 5.84. The number of benzene rings is 1. The number of hydrogen-bond acceptors (Lipinski definition) is 6. The number of nitrogens with zero attached hydrogens (tertiary/aromatic N) is 1. The van der Waals surface area contributed by atoms with Crippen molar-refractivity contribution in [2.24, 2.45) is 0 Å². The number of Topliss-reactive ketones (excluding diaryl/α,β-unsaturated/α-hetero) is 1. The maximum atomic E-state index is 13.0. The van der Waals surface area contributed by atoms with Crippen molar-refractivity contribution in [3.63, 3.8) is 0 Å². The van der Waals surface area contributed by atoms with Crippen LogP contribution in [0, 0.1) is 0 Å². The van der Waals surface area contributed by atoms with Gasteiger partial charge in [0.25, 0.3) is 5.91 Å². The molecule has 0 radical (unpaired) electrons. The summed E-state index contributed by atoms with van der Waals surface area (Å²) in [7, 11) is 1.56. The molecule has 1 aliphatic heterocycles. The molecule has 1 atom stereocenters. The fourth-order valence-electron chi connectivity index (χ4n) is 3.18. The number of aliphatic hydroxyl groups excluding tert-OH is 1. The lowest BCUT2D eigenvalue weighted by Gasteiger charge is -2.27. The number of ketones is 1. The third-order valence-corrected chi connectivity index (χ3v) is 4.51. The highest BCUT2D eigenvalue weighted by atomic mass is 16.5. The molecule has 0 bridgehead atoms. The second-order valence-corrected chi connectivity index (χ2v) is 6.66. The first-order chi connectivity index (χ1) is 13.4. The Hall–Kier alpha value is -3.06. The van der Waals surface area contributed by atoms with Gasteiger partial charge in [0.2, 0.25) is 5.78 Å². The minimum Gasteiger partial charge on any atom is -0.503 e. The predicted molar refractivity (Wildman–Crippen MR) is 101 cm³/mol. The van der Waals surface area contributed by atoms with Crippen molar-refractivity contribution in [3.8, 4) is 5.75 Å². The highest BCUT2D eigenvalue weighted by Crippen LogP contribution is 2.39. The summed E-state index contributed by atoms with van der Waals surface area (Å²) >= 11 is 0. The van der Waals surface area contributed by atoms with E-state index in [0.717, 1.165) is 0 Å². The second kappa shape index (κ2) is 8.31. The zero-order valence-electron chi connectivity index (χ0n) is 16.0. The van der Waals surface area contributed by atoms with Gasteiger partial charge in [-0.15, -0.1) is 0 Å². The van der Waals surface area contributed by atoms with Crippen LogP contribution in [0.4, 0.5) is 0 Å². The van der Waals surface area contributed by atoms with E-state index in [1.54, 1.807) is 37.4 Å². The maximum absolute atomic E-state index is 13.0. The Morgan fingerprint density at radius 3 is 2.54 bits per heavy atom. The lowest BCUT2D eigenvalue weighted by molar-refractivity contribution is -0.130. The van der Waals surface area contributed by atoms with Crippen LogP contribution >= 0.6 is 0 Å². The van der Waals surface area contributed by atoms with Crippen LogP contribution in [0.15, 0.2) is 58.4 Å². The van der Waals surface area contributed by atoms with E-state index >= 15 is 0 Å². The first-order valence-electron chi connectivity index (χ1n) is 9.02. The number of methoxy groups -OCH3 is 1. The first-order valence-corrected chi connectivity index (χ1v) is 9.02. The fourth-order valence-corrected chi connectivity index (χ4v) is 3.18. The van der Waals surface area contributed by atoms with Gasteiger partial charge >= 0.3 is 0 Å². The summed E-state index contributed by atoms with van der Waals surface area (Å²) in [6.45, 7) is 4.31. The molecule has 1 aliphatic rings. The van der Waals surface area contributed by atoms with Gasteiger partial charge in [-0.1, -0.05) is 12.1 Å². The van der Waals surface area contributed by atoms with Crippen LogP contribution in [0.1, 0.15) is 36.0 Å². The molecule has 1 amide bonds. The Morgan fingerprint density at radius 1 is 1.25 bits per heavy atom. The van der Waals surface area contributed by atoms with Gasteiger partial charge < -0.3 is 23.9 Å². The van der Waals surface area contributed by atoms with Crippen molar-refractivity contribution >= 4 is 11.7 Å². The van der Waals surface area contributed by atoms with Crippen molar-refractivity contribution in [2.45, 2.75) is 26.0 Å². The molecule has 148 valence electrons. The molecule has 7 heteroatoms. The van der Waals surface area contributed by atoms with Crippen LogP contribution in [0.2, 0.25) is 0 Å². The number of ether oxygens (including phenoxy) is 2. The Morgan fingerprint density at radius 2 is 1.96 bits per heavy atom. The fraction of sp³-hybridized carbons (Fsp3) is 0.333. The Bertz CT molecular complexity index is 867. The molecule has 7 nitrogen and oxygen atoms in total. The number of hydrogen-bond donors (Lipinski definition) is 1. The second-order valence-electron chi connectivity index (χ2n) is 6.66. The molecule has 0 saturated heterocycles. The van der Waals surface area contributed by atoms with E-state index in [1.807, 2.05) is 13.8 Å². The maximum Gasteiger partial charge on any atom is 0.290 e. The van der Waals surface area contributed by atoms with Gasteiger partial charge in [-0.2, -0.15) is 0 Å². The molecule has 0 saturated carbocycles. The number of furan rings is 1. The number of amides is 1. The molecule has 0 aliphatic carbocycles. The molecule has 0 fully saturated rings. The summed E-state index contributed by atoms with van der Waals surface area (Å²) in [5, 5.41) is 10.5. The van der Waals surface area contributed by atoms with E-state index in [-0.39, 0.29) is 30.6 Å². The minimum absolute atomic E-state index is 0.00270. The SMILES string of the molecule is COc1ccc(C2C(C(=O)c3ccco3)=C(O)C(=O)N2CCOC(C)C)cc1. The van der Waals surface area contributed by atoms with Crippen LogP contribution in [-0.2, 0) is 9.53 Å². The molecule has 0 spiro atoms. The molecule has 1 aromatic heterocycles. The summed E-state index contributed by atoms with van der Waals surface area (Å²) < 4.78 is 15.9. The van der Waals surface area contributed by atoms with Gasteiger partial charge in [-0.25, -0.2) is 0 Å². The largest absolute Gasteiger partial charge is 0.503 e. The third-order valence-electron chi connectivity index (χ3n) is 4.51. The van der Waals surface area contributed by atoms with Crippen molar-refractivity contribution in [3.05, 3.63) is 65.3 Å². The normalized spacial score (nSPS) is 16.9. The molecular formula is C21H23NO6. The zero-order valence-corrected chi connectivity index (χ0v) is 16.0. The van der Waals surface area contributed by atoms with Gasteiger partial charge in [-0.05, 0) is 43.7 Å². The van der Waals surface area contributed by atoms with Gasteiger partial charge in [0.1, 0.15) is 5.75 Å². The number of carbonyl (C=O) groups is 2. The average molecular weight is 385 g/mol. The molecule has 1 unspecified atom stereocenters. The van der Waals surface area contributed by atoms with E-state index in [9.17, 15) is 14.7 Å². The van der Waals surface area contributed by atoms with Gasteiger partial charge in [0.15, 0.2) is 11.5 Å². The number of carbonyl (C=O) groups excluding carboxylic acids is 2. The van der Waals surface area contributed by atoms with Crippen molar-refractivity contribution < 1.29 is 28.6 Å². The molecular weight excluding hydrogens is 362 g/mol. The van der Waals surface area contributed by atoms with E-state index in [0.29, 0.717) is 11.3 Å². The number of rotatable bonds is 8. The molecule has 2 aromatic rings. The molecule has 1 N–H and O–H groups in total. The lowest BCUT2D eigenvalue weighted by atomic mass is 9.95. The highest BCUT2D eigenvalue weighted by molar-refractivity contribution is 6.15. The van der Waals surface area contributed by atoms with E-state index in [4.69, 9.17) is 13.9 Å². The van der Waals surface area contributed by atoms with Gasteiger partial charge in [0, 0.05) is 6.54 Å². The quantitative estimate of drug-likeness (QED) is 0.702. The molecule has 3 rings (SSSR count). The Balaban J connectivity index is 1.99. The highest BCUT2D eigenvalue weighted by Gasteiger charge is 2.44. The van der Waals surface area contributed by atoms with Crippen LogP contribution in [0.5, 0.6) is 5.75 Å². The summed E-state index contributed by atoms with van der Waals surface area (Å²) in [5.74, 6) is -0.984. The number of aliphatic hydroxyl groups is 1. The van der Waals surface area contributed by atoms with Crippen molar-refractivity contribution in [1.82, 2.24) is 4.90 Å². The predicted octanol–water partition coefficient (Wildman–Crippen LogP) is 3.29. The molecule has 2 heterocycles. The lowest BCUT2D eigenvalue weighted by Crippen LogP contribution is -2.34. The molecule has 28 heavy (non-hydrogen) atoms. The summed E-state index contributed by atoms with van der Waals surface area (Å²) in [4.78, 5) is 27.1. The topological polar surface area (TPSA) is 89.2 Å². The van der Waals surface area contributed by atoms with E-state index in [2.05, 4.69) is 0 Å². The third kappa shape index (κ3) is 3.80. The average Bonchev–Trinajstić information content (AvgIpc) is 3.30. The smallest absolute Gasteiger partial charge is 0.290 e. The van der Waals surface area contributed by atoms with E-state index < -0.39 is 23.5 Å². The summed E-state index contributed by atoms with van der Waals surface area (Å²) in [6, 6.07) is 9.36. The van der Waals surface area contributed by atoms with Crippen LogP contribution in [0.3, 0.4) is 0 Å². The van der Waals surface area contributed by atoms with Crippen LogP contribution in [-0.4, -0.2) is 48.1 Å². The summed E-state index contributed by atoms with van der Waals surface area (Å²) in [5.41, 5.74) is 0.673. The van der Waals surface area contributed by atoms with Gasteiger partial charge in [0.05, 0.1) is 37.7 Å². The molecule has 1 aromatic carbocycles. The standard InChI is InChI=1S/C21H23NO6/c1-13(2)27-12-10-22-18(14-6-8-15(26-3)9-7-14)17(20(24)21(22)25)19(23)16-5-4-11-28-16/h4-9,11,13,18,24H,10,12H2,1-3H3. The van der Waals surface area contributed by atoms with E-state index in [1.165, 1.54) is 17.2 Å². The minimum atomic E-state index is -0.744. The van der Waals surface area contributed by atoms with Gasteiger partial charge in [-0.3, -0.25) is 9.59 Å². The monoisotopic (exact) mass is 385 g/mol. The van der Waals surface area contributed by atoms with Crippen LogP contribution in [0.25, 0.3) is 0 Å². The summed E-state index contributed by atoms with van der Waals surface area (Å²) in [6.07, 6.45) is 1.38. The first kappa shape index (κ1) is 19.7. The Labute approximate surface area is 163 Å².